The van der Waals surface area contributed by atoms with Gasteiger partial charge >= 0.3 is 0 Å². The van der Waals surface area contributed by atoms with Gasteiger partial charge in [-0.3, -0.25) is 9.59 Å². The molecule has 0 bridgehead atoms. The van der Waals surface area contributed by atoms with Gasteiger partial charge in [-0.15, -0.1) is 13.2 Å². The number of rotatable bonds is 10. The lowest BCUT2D eigenvalue weighted by atomic mass is 10.1. The summed E-state index contributed by atoms with van der Waals surface area (Å²) in [7, 11) is 0. The van der Waals surface area contributed by atoms with E-state index >= 15 is 0 Å². The Hall–Kier alpha value is -3.34. The Kier molecular flexibility index (Phi) is 8.03. The fourth-order valence-corrected chi connectivity index (χ4v) is 2.82. The van der Waals surface area contributed by atoms with Crippen molar-refractivity contribution in [1.82, 2.24) is 4.90 Å². The van der Waals surface area contributed by atoms with E-state index in [2.05, 4.69) is 18.5 Å². The normalized spacial score (nSPS) is 10.0. The molecule has 0 fully saturated rings. The lowest BCUT2D eigenvalue weighted by Gasteiger charge is -2.21. The first-order valence-electron chi connectivity index (χ1n) is 9.31. The molecule has 0 aliphatic rings. The summed E-state index contributed by atoms with van der Waals surface area (Å²) in [5.41, 5.74) is 2.25. The predicted octanol–water partition coefficient (Wildman–Crippen LogP) is 3.97. The molecular formula is C23H27N3O2. The summed E-state index contributed by atoms with van der Waals surface area (Å²) in [6.07, 6.45) is 3.38. The van der Waals surface area contributed by atoms with Gasteiger partial charge in [-0.1, -0.05) is 30.4 Å². The zero-order chi connectivity index (χ0) is 20.4. The van der Waals surface area contributed by atoms with E-state index in [1.165, 1.54) is 0 Å². The quantitative estimate of drug-likeness (QED) is 0.638. The van der Waals surface area contributed by atoms with Crippen molar-refractivity contribution >= 4 is 23.2 Å². The minimum absolute atomic E-state index is 0.0406. The summed E-state index contributed by atoms with van der Waals surface area (Å²) >= 11 is 0. The zero-order valence-corrected chi connectivity index (χ0v) is 16.3. The molecule has 0 aromatic heterocycles. The van der Waals surface area contributed by atoms with Crippen molar-refractivity contribution < 1.29 is 9.59 Å². The molecule has 0 atom stereocenters. The van der Waals surface area contributed by atoms with E-state index in [1.54, 1.807) is 34.1 Å². The summed E-state index contributed by atoms with van der Waals surface area (Å²) in [5.74, 6) is -0.0966. The zero-order valence-electron chi connectivity index (χ0n) is 16.3. The molecule has 5 heteroatoms. The summed E-state index contributed by atoms with van der Waals surface area (Å²) < 4.78 is 0. The summed E-state index contributed by atoms with van der Waals surface area (Å²) in [6.45, 7) is 11.0. The smallest absolute Gasteiger partial charge is 0.258 e. The van der Waals surface area contributed by atoms with Gasteiger partial charge in [-0.05, 0) is 43.3 Å². The largest absolute Gasteiger partial charge is 0.376 e. The average Bonchev–Trinajstić information content (AvgIpc) is 2.73. The van der Waals surface area contributed by atoms with E-state index in [4.69, 9.17) is 0 Å². The molecule has 2 aromatic rings. The number of para-hydroxylation sites is 1. The molecule has 28 heavy (non-hydrogen) atoms. The minimum atomic E-state index is -0.0560. The van der Waals surface area contributed by atoms with Crippen LogP contribution < -0.4 is 10.2 Å². The molecule has 0 radical (unpaired) electrons. The molecule has 0 saturated carbocycles. The van der Waals surface area contributed by atoms with E-state index in [1.807, 2.05) is 49.4 Å². The summed E-state index contributed by atoms with van der Waals surface area (Å²) in [4.78, 5) is 28.5. The third-order valence-electron chi connectivity index (χ3n) is 4.26. The van der Waals surface area contributed by atoms with Crippen LogP contribution in [0.15, 0.2) is 79.9 Å². The third-order valence-corrected chi connectivity index (χ3v) is 4.26. The number of hydrogen-bond acceptors (Lipinski definition) is 3. The Balaban J connectivity index is 2.00. The first kappa shape index (κ1) is 21.0. The lowest BCUT2D eigenvalue weighted by molar-refractivity contribution is -0.128. The van der Waals surface area contributed by atoms with E-state index in [0.29, 0.717) is 25.2 Å². The fraction of sp³-hybridized carbons (Fsp3) is 0.217. The Bertz CT molecular complexity index is 790. The molecule has 0 saturated heterocycles. The van der Waals surface area contributed by atoms with Gasteiger partial charge in [0.15, 0.2) is 0 Å². The summed E-state index contributed by atoms with van der Waals surface area (Å²) in [6, 6.07) is 16.7. The highest BCUT2D eigenvalue weighted by molar-refractivity contribution is 6.06. The Morgan fingerprint density at radius 2 is 1.57 bits per heavy atom. The second kappa shape index (κ2) is 10.7. The van der Waals surface area contributed by atoms with Gasteiger partial charge in [-0.2, -0.15) is 0 Å². The molecule has 0 spiro atoms. The highest BCUT2D eigenvalue weighted by Crippen LogP contribution is 2.18. The summed E-state index contributed by atoms with van der Waals surface area (Å²) in [5, 5.41) is 3.10. The predicted molar refractivity (Wildman–Crippen MR) is 116 cm³/mol. The first-order valence-corrected chi connectivity index (χ1v) is 9.31. The van der Waals surface area contributed by atoms with Crippen molar-refractivity contribution in [2.75, 3.05) is 36.4 Å². The molecule has 2 aromatic carbocycles. The van der Waals surface area contributed by atoms with Crippen LogP contribution in [0.5, 0.6) is 0 Å². The Morgan fingerprint density at radius 3 is 2.11 bits per heavy atom. The number of nitrogens with one attached hydrogen (secondary N) is 1. The number of carbonyl (C=O) groups is 2. The third kappa shape index (κ3) is 5.58. The Morgan fingerprint density at radius 1 is 0.964 bits per heavy atom. The van der Waals surface area contributed by atoms with Gasteiger partial charge in [-0.25, -0.2) is 0 Å². The number of hydrogen-bond donors (Lipinski definition) is 1. The monoisotopic (exact) mass is 377 g/mol. The van der Waals surface area contributed by atoms with Gasteiger partial charge in [0.1, 0.15) is 0 Å². The fourth-order valence-electron chi connectivity index (χ4n) is 2.82. The van der Waals surface area contributed by atoms with Gasteiger partial charge in [0.05, 0.1) is 6.54 Å². The Labute approximate surface area is 167 Å². The second-order valence-electron chi connectivity index (χ2n) is 6.19. The van der Waals surface area contributed by atoms with E-state index in [-0.39, 0.29) is 18.4 Å². The van der Waals surface area contributed by atoms with E-state index < -0.39 is 0 Å². The topological polar surface area (TPSA) is 52.7 Å². The van der Waals surface area contributed by atoms with Crippen LogP contribution in [0.25, 0.3) is 0 Å². The molecule has 5 nitrogen and oxygen atoms in total. The van der Waals surface area contributed by atoms with E-state index in [9.17, 15) is 9.59 Å². The SMILES string of the molecule is C=CCN(CC=C)C(=O)CNc1ccc(C(=O)N(CC)c2ccccc2)cc1. The van der Waals surface area contributed by atoms with E-state index in [0.717, 1.165) is 11.4 Å². The molecule has 0 aliphatic carbocycles. The van der Waals surface area contributed by atoms with Crippen LogP contribution in [-0.2, 0) is 4.79 Å². The van der Waals surface area contributed by atoms with Gasteiger partial charge in [0, 0.05) is 36.6 Å². The molecule has 0 heterocycles. The molecule has 2 rings (SSSR count). The molecule has 146 valence electrons. The standard InChI is InChI=1S/C23H27N3O2/c1-4-16-25(17-5-2)22(27)18-24-20-14-12-19(13-15-20)23(28)26(6-3)21-10-8-7-9-11-21/h4-5,7-15,24H,1-2,6,16-18H2,3H3. The molecule has 0 aliphatic heterocycles. The van der Waals surface area contributed by atoms with Crippen molar-refractivity contribution in [3.05, 3.63) is 85.5 Å². The van der Waals surface area contributed by atoms with Crippen LogP contribution in [0.1, 0.15) is 17.3 Å². The van der Waals surface area contributed by atoms with Crippen LogP contribution in [0.2, 0.25) is 0 Å². The maximum Gasteiger partial charge on any atom is 0.258 e. The van der Waals surface area contributed by atoms with Crippen molar-refractivity contribution in [3.8, 4) is 0 Å². The second-order valence-corrected chi connectivity index (χ2v) is 6.19. The van der Waals surface area contributed by atoms with Crippen molar-refractivity contribution in [2.45, 2.75) is 6.92 Å². The van der Waals surface area contributed by atoms with Crippen molar-refractivity contribution in [1.29, 1.82) is 0 Å². The van der Waals surface area contributed by atoms with Gasteiger partial charge < -0.3 is 15.1 Å². The molecule has 1 N–H and O–H groups in total. The minimum Gasteiger partial charge on any atom is -0.376 e. The molecule has 0 unspecified atom stereocenters. The van der Waals surface area contributed by atoms with Crippen molar-refractivity contribution in [3.63, 3.8) is 0 Å². The van der Waals surface area contributed by atoms with Crippen LogP contribution in [-0.4, -0.2) is 42.9 Å². The number of amides is 2. The lowest BCUT2D eigenvalue weighted by Crippen LogP contribution is -2.35. The maximum absolute atomic E-state index is 12.8. The van der Waals surface area contributed by atoms with Gasteiger partial charge in [0.2, 0.25) is 5.91 Å². The van der Waals surface area contributed by atoms with Crippen LogP contribution >= 0.6 is 0 Å². The number of carbonyl (C=O) groups excluding carboxylic acids is 2. The number of benzene rings is 2. The highest BCUT2D eigenvalue weighted by atomic mass is 16.2. The number of nitrogens with zero attached hydrogens (tertiary/aromatic N) is 2. The van der Waals surface area contributed by atoms with Crippen LogP contribution in [0.4, 0.5) is 11.4 Å². The maximum atomic E-state index is 12.8. The van der Waals surface area contributed by atoms with Gasteiger partial charge in [0.25, 0.3) is 5.91 Å². The van der Waals surface area contributed by atoms with Crippen molar-refractivity contribution in [2.24, 2.45) is 0 Å². The highest BCUT2D eigenvalue weighted by Gasteiger charge is 2.16. The number of anilines is 2. The first-order chi connectivity index (χ1) is 13.6. The molecular weight excluding hydrogens is 350 g/mol. The van der Waals surface area contributed by atoms with Crippen LogP contribution in [0, 0.1) is 0 Å². The average molecular weight is 377 g/mol. The van der Waals surface area contributed by atoms with Crippen LogP contribution in [0.3, 0.4) is 0 Å². The molecule has 2 amide bonds.